The van der Waals surface area contributed by atoms with Crippen LogP contribution in [0.4, 0.5) is 31.1 Å². The SMILES string of the molecule is [B]C1N(C(C)(C)C)CC([B])([B])N(C(=O)OC(C(F)(F)F)C(F)(F)F)C1([B])[B]. The van der Waals surface area contributed by atoms with Crippen molar-refractivity contribution in [1.29, 1.82) is 0 Å². The molecule has 1 aliphatic rings. The first-order chi connectivity index (χ1) is 11.6. The fourth-order valence-electron chi connectivity index (χ4n) is 2.64. The molecule has 0 aliphatic carbocycles. The lowest BCUT2D eigenvalue weighted by atomic mass is 9.44. The van der Waals surface area contributed by atoms with Crippen LogP contribution in [0.25, 0.3) is 0 Å². The molecule has 1 atom stereocenters. The molecule has 1 unspecified atom stereocenters. The summed E-state index contributed by atoms with van der Waals surface area (Å²) in [4.78, 5) is 13.5. The summed E-state index contributed by atoms with van der Waals surface area (Å²) in [7, 11) is 28.8. The zero-order valence-electron chi connectivity index (χ0n) is 14.7. The fourth-order valence-corrected chi connectivity index (χ4v) is 2.64. The van der Waals surface area contributed by atoms with E-state index in [9.17, 15) is 31.1 Å². The van der Waals surface area contributed by atoms with Crippen LogP contribution >= 0.6 is 0 Å². The van der Waals surface area contributed by atoms with Crippen molar-refractivity contribution in [2.45, 2.75) is 61.4 Å². The van der Waals surface area contributed by atoms with Crippen LogP contribution in [0.2, 0.25) is 0 Å². The van der Waals surface area contributed by atoms with E-state index in [-0.39, 0.29) is 4.90 Å². The predicted octanol–water partition coefficient (Wildman–Crippen LogP) is 0.508. The molecule has 0 aromatic rings. The van der Waals surface area contributed by atoms with Gasteiger partial charge in [-0.25, -0.2) is 4.79 Å². The van der Waals surface area contributed by atoms with Crippen LogP contribution in [0.15, 0.2) is 0 Å². The second-order valence-corrected chi connectivity index (χ2v) is 7.30. The molecule has 0 bridgehead atoms. The summed E-state index contributed by atoms with van der Waals surface area (Å²) in [6, 6.07) is 0. The molecule has 140 valence electrons. The highest BCUT2D eigenvalue weighted by molar-refractivity contribution is 6.48. The molecule has 4 nitrogen and oxygen atoms in total. The van der Waals surface area contributed by atoms with Gasteiger partial charge in [-0.15, -0.1) is 0 Å². The Balaban J connectivity index is 3.29. The number of ether oxygens (including phenoxy) is 1. The minimum absolute atomic E-state index is 0.0165. The maximum absolute atomic E-state index is 12.7. The van der Waals surface area contributed by atoms with Gasteiger partial charge in [0, 0.05) is 12.1 Å². The van der Waals surface area contributed by atoms with Gasteiger partial charge in [0.2, 0.25) is 0 Å². The third-order valence-corrected chi connectivity index (χ3v) is 3.89. The van der Waals surface area contributed by atoms with Crippen molar-refractivity contribution in [2.75, 3.05) is 6.54 Å². The monoisotopic (exact) mass is 386 g/mol. The topological polar surface area (TPSA) is 32.8 Å². The number of nitrogens with zero attached hydrogens (tertiary/aromatic N) is 2. The third-order valence-electron chi connectivity index (χ3n) is 3.89. The van der Waals surface area contributed by atoms with Gasteiger partial charge in [0.25, 0.3) is 6.10 Å². The standard InChI is InChI=1S/C12H13B5F6N2O2/c1-8(2,3)24-4-9(14,15)25(10(16,17)6(24)13)7(26)27-5(11(18,19)20)12(21,22)23/h5-6H,4H2,1-3H3. The molecule has 10 radical (unpaired) electrons. The van der Waals surface area contributed by atoms with Crippen molar-refractivity contribution >= 4 is 45.3 Å². The number of alkyl halides is 6. The fraction of sp³-hybridized carbons (Fsp3) is 0.917. The lowest BCUT2D eigenvalue weighted by molar-refractivity contribution is -0.309. The predicted molar refractivity (Wildman–Crippen MR) is 88.7 cm³/mol. The van der Waals surface area contributed by atoms with Gasteiger partial charge in [-0.1, -0.05) is 0 Å². The van der Waals surface area contributed by atoms with Crippen LogP contribution in [0.1, 0.15) is 20.8 Å². The Labute approximate surface area is 159 Å². The molecule has 1 saturated heterocycles. The summed E-state index contributed by atoms with van der Waals surface area (Å²) in [5.41, 5.74) is -0.760. The number of carbonyl (C=O) groups is 1. The van der Waals surface area contributed by atoms with Crippen LogP contribution in [0, 0.1) is 0 Å². The van der Waals surface area contributed by atoms with Crippen LogP contribution in [0.5, 0.6) is 0 Å². The van der Waals surface area contributed by atoms with Crippen molar-refractivity contribution in [3.05, 3.63) is 0 Å². The largest absolute Gasteiger partial charge is 0.434 e. The van der Waals surface area contributed by atoms with Gasteiger partial charge in [0.1, 0.15) is 0 Å². The summed E-state index contributed by atoms with van der Waals surface area (Å²) >= 11 is 0. The van der Waals surface area contributed by atoms with E-state index in [2.05, 4.69) is 4.74 Å². The Hall–Kier alpha value is -0.865. The first-order valence-corrected chi connectivity index (χ1v) is 7.45. The molecule has 0 spiro atoms. The van der Waals surface area contributed by atoms with Gasteiger partial charge in [-0.05, 0) is 37.4 Å². The summed E-state index contributed by atoms with van der Waals surface area (Å²) in [6.07, 6.45) is -18.5. The molecule has 0 aromatic carbocycles. The average molecular weight is 385 g/mol. The summed E-state index contributed by atoms with van der Waals surface area (Å²) < 4.78 is 79.5. The van der Waals surface area contributed by atoms with E-state index >= 15 is 0 Å². The van der Waals surface area contributed by atoms with Crippen molar-refractivity contribution < 1.29 is 35.9 Å². The van der Waals surface area contributed by atoms with E-state index in [1.165, 1.54) is 4.90 Å². The highest BCUT2D eigenvalue weighted by Crippen LogP contribution is 2.39. The molecular weight excluding hydrogens is 372 g/mol. The minimum atomic E-state index is -5.94. The Morgan fingerprint density at radius 3 is 1.78 bits per heavy atom. The van der Waals surface area contributed by atoms with Crippen molar-refractivity contribution in [2.24, 2.45) is 0 Å². The molecule has 1 amide bonds. The molecule has 1 fully saturated rings. The molecule has 27 heavy (non-hydrogen) atoms. The Bertz CT molecular complexity index is 564. The molecular formula is C12H13B5F6N2O2. The van der Waals surface area contributed by atoms with Crippen LogP contribution in [0.3, 0.4) is 0 Å². The Kier molecular flexibility index (Phi) is 6.16. The Morgan fingerprint density at radius 2 is 1.44 bits per heavy atom. The lowest BCUT2D eigenvalue weighted by Crippen LogP contribution is -2.81. The van der Waals surface area contributed by atoms with Crippen molar-refractivity contribution in [3.8, 4) is 0 Å². The molecule has 1 rings (SSSR count). The number of halogens is 6. The smallest absolute Gasteiger partial charge is 0.427 e. The van der Waals surface area contributed by atoms with Crippen molar-refractivity contribution in [3.63, 3.8) is 0 Å². The van der Waals surface area contributed by atoms with Crippen LogP contribution in [-0.4, -0.2) is 102 Å². The average Bonchev–Trinajstić information content (AvgIpc) is 2.35. The summed E-state index contributed by atoms with van der Waals surface area (Å²) in [6.45, 7) is 4.48. The summed E-state index contributed by atoms with van der Waals surface area (Å²) in [5, 5.41) is -4.93. The maximum atomic E-state index is 12.7. The highest BCUT2D eigenvalue weighted by atomic mass is 19.4. The number of hydrogen-bond acceptors (Lipinski definition) is 3. The number of piperazine rings is 1. The second-order valence-electron chi connectivity index (χ2n) is 7.30. The number of carbonyl (C=O) groups excluding carboxylic acids is 1. The van der Waals surface area contributed by atoms with E-state index in [0.29, 0.717) is 0 Å². The lowest BCUT2D eigenvalue weighted by Gasteiger charge is -2.64. The molecule has 0 aromatic heterocycles. The zero-order valence-corrected chi connectivity index (χ0v) is 14.7. The molecule has 1 heterocycles. The highest BCUT2D eigenvalue weighted by Gasteiger charge is 2.61. The van der Waals surface area contributed by atoms with Crippen LogP contribution in [-0.2, 0) is 4.74 Å². The zero-order chi connectivity index (χ0) is 21.8. The van der Waals surface area contributed by atoms with E-state index < -0.39 is 53.2 Å². The number of rotatable bonds is 1. The van der Waals surface area contributed by atoms with Crippen LogP contribution < -0.4 is 0 Å². The van der Waals surface area contributed by atoms with E-state index in [0.717, 1.165) is 0 Å². The third kappa shape index (κ3) is 4.95. The first kappa shape index (κ1) is 24.2. The molecule has 0 saturated carbocycles. The number of hydrogen-bond donors (Lipinski definition) is 0. The Morgan fingerprint density at radius 1 is 1.04 bits per heavy atom. The number of amides is 1. The van der Waals surface area contributed by atoms with Gasteiger partial charge in [0.15, 0.2) is 0 Å². The maximum Gasteiger partial charge on any atom is 0.434 e. The molecule has 0 N–H and O–H groups in total. The molecule has 15 heteroatoms. The van der Waals surface area contributed by atoms with Gasteiger partial charge >= 0.3 is 18.4 Å². The van der Waals surface area contributed by atoms with Gasteiger partial charge < -0.3 is 14.5 Å². The van der Waals surface area contributed by atoms with E-state index in [1.807, 2.05) is 0 Å². The molecule has 1 aliphatic heterocycles. The van der Waals surface area contributed by atoms with Gasteiger partial charge in [-0.3, -0.25) is 0 Å². The van der Waals surface area contributed by atoms with Crippen molar-refractivity contribution in [1.82, 2.24) is 9.80 Å². The summed E-state index contributed by atoms with van der Waals surface area (Å²) in [5.74, 6) is -1.44. The van der Waals surface area contributed by atoms with Gasteiger partial charge in [0.05, 0.1) is 39.2 Å². The quantitative estimate of drug-likeness (QED) is 0.487. The van der Waals surface area contributed by atoms with Gasteiger partial charge in [-0.2, -0.15) is 26.3 Å². The van der Waals surface area contributed by atoms with E-state index in [1.54, 1.807) is 20.8 Å². The van der Waals surface area contributed by atoms with E-state index in [4.69, 9.17) is 39.2 Å². The first-order valence-electron chi connectivity index (χ1n) is 7.45. The second kappa shape index (κ2) is 6.88. The minimum Gasteiger partial charge on any atom is -0.427 e. The normalized spacial score (nSPS) is 24.1.